The number of carbonyl (C=O) groups is 1. The summed E-state index contributed by atoms with van der Waals surface area (Å²) in [7, 11) is 1.64. The van der Waals surface area contributed by atoms with E-state index in [0.717, 1.165) is 24.6 Å². The van der Waals surface area contributed by atoms with Crippen molar-refractivity contribution in [3.05, 3.63) is 24.3 Å². The number of benzene rings is 1. The molecule has 0 aromatic heterocycles. The zero-order valence-corrected chi connectivity index (χ0v) is 16.3. The third-order valence-electron chi connectivity index (χ3n) is 4.00. The Labute approximate surface area is 152 Å². The van der Waals surface area contributed by atoms with Gasteiger partial charge in [0.15, 0.2) is 0 Å². The van der Waals surface area contributed by atoms with Crippen LogP contribution in [0.2, 0.25) is 0 Å². The molecule has 6 heteroatoms. The van der Waals surface area contributed by atoms with Gasteiger partial charge in [-0.25, -0.2) is 0 Å². The smallest absolute Gasteiger partial charge is 0.237 e. The summed E-state index contributed by atoms with van der Waals surface area (Å²) in [5, 5.41) is 0. The predicted molar refractivity (Wildman–Crippen MR) is 100 cm³/mol. The Kier molecular flexibility index (Phi) is 11.3. The first-order chi connectivity index (χ1) is 11.0. The zero-order chi connectivity index (χ0) is 17.2. The van der Waals surface area contributed by atoms with Gasteiger partial charge in [-0.1, -0.05) is 13.8 Å². The van der Waals surface area contributed by atoms with Gasteiger partial charge < -0.3 is 14.4 Å². The van der Waals surface area contributed by atoms with E-state index >= 15 is 0 Å². The van der Waals surface area contributed by atoms with Crippen LogP contribution < -0.4 is 9.47 Å². The minimum atomic E-state index is 0. The highest BCUT2D eigenvalue weighted by Gasteiger charge is 2.20. The standard InChI is InChI=1S/C18H30N2O3.ClH/c1-6-19(7-2)13-18(21)20(8-3)15(4)14-23-17-11-9-16(22-5)10-12-17;/h9-12,15H,6-8,13-14H2,1-5H3;1H. The van der Waals surface area contributed by atoms with Gasteiger partial charge in [0.05, 0.1) is 19.7 Å². The SMILES string of the molecule is CCN(CC)CC(=O)N(CC)C(C)COc1ccc(OC)cc1.Cl. The Morgan fingerprint density at radius 1 is 1.04 bits per heavy atom. The fourth-order valence-electron chi connectivity index (χ4n) is 2.44. The van der Waals surface area contributed by atoms with E-state index in [9.17, 15) is 4.79 Å². The quantitative estimate of drug-likeness (QED) is 0.644. The normalized spacial score (nSPS) is 11.6. The number of nitrogens with zero attached hydrogens (tertiary/aromatic N) is 2. The number of carbonyl (C=O) groups excluding carboxylic acids is 1. The molecule has 1 aromatic rings. The number of methoxy groups -OCH3 is 1. The molecular formula is C18H31ClN2O3. The molecule has 1 aromatic carbocycles. The zero-order valence-electron chi connectivity index (χ0n) is 15.4. The van der Waals surface area contributed by atoms with Gasteiger partial charge >= 0.3 is 0 Å². The maximum Gasteiger partial charge on any atom is 0.237 e. The number of hydrogen-bond donors (Lipinski definition) is 0. The van der Waals surface area contributed by atoms with Crippen molar-refractivity contribution in [1.29, 1.82) is 0 Å². The fraction of sp³-hybridized carbons (Fsp3) is 0.611. The van der Waals surface area contributed by atoms with Crippen LogP contribution in [0.4, 0.5) is 0 Å². The molecule has 24 heavy (non-hydrogen) atoms. The second-order valence-corrected chi connectivity index (χ2v) is 5.48. The molecule has 0 aliphatic carbocycles. The van der Waals surface area contributed by atoms with E-state index in [-0.39, 0.29) is 24.4 Å². The minimum Gasteiger partial charge on any atom is -0.497 e. The van der Waals surface area contributed by atoms with Crippen molar-refractivity contribution in [2.75, 3.05) is 39.9 Å². The van der Waals surface area contributed by atoms with Crippen molar-refractivity contribution in [3.8, 4) is 11.5 Å². The van der Waals surface area contributed by atoms with E-state index in [2.05, 4.69) is 18.7 Å². The lowest BCUT2D eigenvalue weighted by molar-refractivity contribution is -0.134. The Hall–Kier alpha value is -1.46. The number of halogens is 1. The number of rotatable bonds is 10. The highest BCUT2D eigenvalue weighted by molar-refractivity contribution is 5.85. The number of hydrogen-bond acceptors (Lipinski definition) is 4. The molecule has 0 saturated carbocycles. The Morgan fingerprint density at radius 3 is 2.04 bits per heavy atom. The van der Waals surface area contributed by atoms with Gasteiger partial charge in [-0.3, -0.25) is 9.69 Å². The van der Waals surface area contributed by atoms with Gasteiger partial charge in [0, 0.05) is 6.54 Å². The van der Waals surface area contributed by atoms with Crippen LogP contribution in [0, 0.1) is 0 Å². The third-order valence-corrected chi connectivity index (χ3v) is 4.00. The minimum absolute atomic E-state index is 0. The second-order valence-electron chi connectivity index (χ2n) is 5.48. The van der Waals surface area contributed by atoms with Crippen LogP contribution in [-0.2, 0) is 4.79 Å². The molecule has 0 fully saturated rings. The van der Waals surface area contributed by atoms with Gasteiger partial charge in [-0.15, -0.1) is 12.4 Å². The van der Waals surface area contributed by atoms with Gasteiger partial charge in [0.2, 0.25) is 5.91 Å². The second kappa shape index (κ2) is 12.0. The lowest BCUT2D eigenvalue weighted by atomic mass is 10.2. The molecule has 0 bridgehead atoms. The summed E-state index contributed by atoms with van der Waals surface area (Å²) in [6, 6.07) is 7.51. The van der Waals surface area contributed by atoms with E-state index in [1.54, 1.807) is 7.11 Å². The molecule has 0 N–H and O–H groups in total. The topological polar surface area (TPSA) is 42.0 Å². The molecule has 0 saturated heterocycles. The first-order valence-corrected chi connectivity index (χ1v) is 8.34. The highest BCUT2D eigenvalue weighted by atomic mass is 35.5. The summed E-state index contributed by atoms with van der Waals surface area (Å²) in [4.78, 5) is 16.5. The summed E-state index contributed by atoms with van der Waals surface area (Å²) in [5.74, 6) is 1.74. The van der Waals surface area contributed by atoms with Crippen LogP contribution in [0.15, 0.2) is 24.3 Å². The average molecular weight is 359 g/mol. The van der Waals surface area contributed by atoms with Crippen molar-refractivity contribution in [2.45, 2.75) is 33.7 Å². The Bertz CT molecular complexity index is 464. The van der Waals surface area contributed by atoms with Gasteiger partial charge in [-0.05, 0) is 51.2 Å². The highest BCUT2D eigenvalue weighted by Crippen LogP contribution is 2.17. The molecule has 1 atom stereocenters. The molecule has 0 aliphatic heterocycles. The maximum absolute atomic E-state index is 12.5. The average Bonchev–Trinajstić information content (AvgIpc) is 2.58. The van der Waals surface area contributed by atoms with Gasteiger partial charge in [0.25, 0.3) is 0 Å². The third kappa shape index (κ3) is 6.97. The summed E-state index contributed by atoms with van der Waals surface area (Å²) >= 11 is 0. The van der Waals surface area contributed by atoms with E-state index in [1.807, 2.05) is 43.0 Å². The van der Waals surface area contributed by atoms with Crippen molar-refractivity contribution in [3.63, 3.8) is 0 Å². The van der Waals surface area contributed by atoms with Crippen LogP contribution >= 0.6 is 12.4 Å². The van der Waals surface area contributed by atoms with E-state index in [1.165, 1.54) is 0 Å². The van der Waals surface area contributed by atoms with E-state index < -0.39 is 0 Å². The molecule has 138 valence electrons. The van der Waals surface area contributed by atoms with Crippen LogP contribution in [0.5, 0.6) is 11.5 Å². The van der Waals surface area contributed by atoms with Crippen molar-refractivity contribution >= 4 is 18.3 Å². The first-order valence-electron chi connectivity index (χ1n) is 8.34. The molecule has 1 rings (SSSR count). The van der Waals surface area contributed by atoms with E-state index in [0.29, 0.717) is 19.7 Å². The fourth-order valence-corrected chi connectivity index (χ4v) is 2.44. The molecular weight excluding hydrogens is 328 g/mol. The largest absolute Gasteiger partial charge is 0.497 e. The van der Waals surface area contributed by atoms with Crippen LogP contribution in [-0.4, -0.2) is 61.6 Å². The van der Waals surface area contributed by atoms with Crippen LogP contribution in [0.1, 0.15) is 27.7 Å². The monoisotopic (exact) mass is 358 g/mol. The summed E-state index contributed by atoms with van der Waals surface area (Å²) < 4.78 is 10.9. The molecule has 1 amide bonds. The molecule has 0 aliphatic rings. The van der Waals surface area contributed by atoms with Gasteiger partial charge in [0.1, 0.15) is 18.1 Å². The number of amides is 1. The molecule has 0 radical (unpaired) electrons. The summed E-state index contributed by atoms with van der Waals surface area (Å²) in [6.07, 6.45) is 0. The van der Waals surface area contributed by atoms with Gasteiger partial charge in [-0.2, -0.15) is 0 Å². The maximum atomic E-state index is 12.5. The van der Waals surface area contributed by atoms with E-state index in [4.69, 9.17) is 9.47 Å². The predicted octanol–water partition coefficient (Wildman–Crippen LogP) is 3.07. The molecule has 0 spiro atoms. The summed E-state index contributed by atoms with van der Waals surface area (Å²) in [6.45, 7) is 11.6. The van der Waals surface area contributed by atoms with Crippen molar-refractivity contribution in [2.24, 2.45) is 0 Å². The number of ether oxygens (including phenoxy) is 2. The number of likely N-dealkylation sites (N-methyl/N-ethyl adjacent to an activating group) is 2. The van der Waals surface area contributed by atoms with Crippen LogP contribution in [0.3, 0.4) is 0 Å². The van der Waals surface area contributed by atoms with Crippen molar-refractivity contribution < 1.29 is 14.3 Å². The Balaban J connectivity index is 0.00000529. The van der Waals surface area contributed by atoms with Crippen molar-refractivity contribution in [1.82, 2.24) is 9.80 Å². The first kappa shape index (κ1) is 22.5. The summed E-state index contributed by atoms with van der Waals surface area (Å²) in [5.41, 5.74) is 0. The lowest BCUT2D eigenvalue weighted by Crippen LogP contribution is -2.46. The molecule has 5 nitrogen and oxygen atoms in total. The Morgan fingerprint density at radius 2 is 1.58 bits per heavy atom. The molecule has 1 unspecified atom stereocenters. The molecule has 0 heterocycles. The van der Waals surface area contributed by atoms with Crippen LogP contribution in [0.25, 0.3) is 0 Å². The lowest BCUT2D eigenvalue weighted by Gasteiger charge is -2.30.